The van der Waals surface area contributed by atoms with Crippen LogP contribution in [0.1, 0.15) is 12.8 Å². The van der Waals surface area contributed by atoms with E-state index in [-0.39, 0.29) is 0 Å². The van der Waals surface area contributed by atoms with Gasteiger partial charge in [-0.15, -0.1) is 0 Å². The molecular weight excluding hydrogens is 292 g/mol. The van der Waals surface area contributed by atoms with Crippen LogP contribution in [0.3, 0.4) is 0 Å². The van der Waals surface area contributed by atoms with E-state index in [0.29, 0.717) is 18.1 Å². The second-order valence-electron chi connectivity index (χ2n) is 5.37. The van der Waals surface area contributed by atoms with Crippen molar-refractivity contribution < 1.29 is 14.4 Å². The molecule has 0 bridgehead atoms. The molecule has 0 aliphatic heterocycles. The first-order valence-electron chi connectivity index (χ1n) is 7.41. The summed E-state index contributed by atoms with van der Waals surface area (Å²) in [5.74, 6) is 0. The molecule has 5 nitrogen and oxygen atoms in total. The second-order valence-corrected chi connectivity index (χ2v) is 5.37. The van der Waals surface area contributed by atoms with Crippen LogP contribution in [-0.2, 0) is 14.4 Å². The second kappa shape index (κ2) is 6.62. The lowest BCUT2D eigenvalue weighted by Gasteiger charge is -2.17. The van der Waals surface area contributed by atoms with Crippen molar-refractivity contribution in [2.45, 2.75) is 18.9 Å². The number of amides is 2. The lowest BCUT2D eigenvalue weighted by molar-refractivity contribution is -0.112. The lowest BCUT2D eigenvalue weighted by Crippen LogP contribution is -2.23. The maximum absolute atomic E-state index is 11.3. The Kier molecular flexibility index (Phi) is 4.39. The molecule has 0 N–H and O–H groups in total. The van der Waals surface area contributed by atoms with Crippen LogP contribution >= 0.6 is 0 Å². The molecule has 0 atom stereocenters. The van der Waals surface area contributed by atoms with E-state index in [1.807, 2.05) is 42.5 Å². The smallest absolute Gasteiger partial charge is 0.238 e. The Hall–Kier alpha value is -2.66. The van der Waals surface area contributed by atoms with Gasteiger partial charge in [-0.1, -0.05) is 24.3 Å². The molecule has 1 aliphatic rings. The molecule has 2 amide bonds. The molecule has 2 aromatic rings. The number of hydrogen-bond acceptors (Lipinski definition) is 3. The number of benzene rings is 2. The van der Waals surface area contributed by atoms with E-state index in [4.69, 9.17) is 4.84 Å². The summed E-state index contributed by atoms with van der Waals surface area (Å²) in [7, 11) is 1.44. The molecule has 117 valence electrons. The summed E-state index contributed by atoms with van der Waals surface area (Å²) in [5, 5.41) is 1.15. The summed E-state index contributed by atoms with van der Waals surface area (Å²) in [5.41, 5.74) is 3.43. The van der Waals surface area contributed by atoms with E-state index in [1.165, 1.54) is 7.11 Å². The number of carbonyl (C=O) groups excluding carboxylic acids is 2. The van der Waals surface area contributed by atoms with Crippen molar-refractivity contribution in [2.24, 2.45) is 0 Å². The minimum Gasteiger partial charge on any atom is -0.311 e. The Balaban J connectivity index is 1.86. The number of carbonyl (C=O) groups is 2. The zero-order valence-corrected chi connectivity index (χ0v) is 12.8. The summed E-state index contributed by atoms with van der Waals surface area (Å²) in [6.07, 6.45) is 3.58. The average molecular weight is 309 g/mol. The SMILES string of the molecule is CON(C=O)c1ccc(-c2cc[c]c(N(C=O)C3CC3)c2)cc1. The molecule has 5 heteroatoms. The molecular formula is C18H17N2O3. The predicted octanol–water partition coefficient (Wildman–Crippen LogP) is 2.80. The maximum Gasteiger partial charge on any atom is 0.238 e. The monoisotopic (exact) mass is 309 g/mol. The van der Waals surface area contributed by atoms with Crippen LogP contribution in [0.25, 0.3) is 11.1 Å². The van der Waals surface area contributed by atoms with Crippen molar-refractivity contribution in [3.8, 4) is 11.1 Å². The Bertz CT molecular complexity index is 696. The highest BCUT2D eigenvalue weighted by molar-refractivity contribution is 5.80. The minimum absolute atomic E-state index is 0.309. The Labute approximate surface area is 135 Å². The van der Waals surface area contributed by atoms with Gasteiger partial charge in [0.05, 0.1) is 18.5 Å². The van der Waals surface area contributed by atoms with Crippen molar-refractivity contribution in [2.75, 3.05) is 17.1 Å². The highest BCUT2D eigenvalue weighted by Crippen LogP contribution is 2.32. The number of nitrogens with zero attached hydrogens (tertiary/aromatic N) is 2. The third kappa shape index (κ3) is 3.24. The van der Waals surface area contributed by atoms with Crippen LogP contribution in [0.4, 0.5) is 11.4 Å². The number of rotatable bonds is 7. The zero-order chi connectivity index (χ0) is 16.2. The molecule has 3 rings (SSSR count). The Morgan fingerprint density at radius 3 is 2.39 bits per heavy atom. The number of anilines is 2. The molecule has 0 saturated heterocycles. The standard InChI is InChI=1S/C18H17N2O3/c1-23-20(13-22)17-7-5-14(6-8-17)15-3-2-4-18(11-15)19(12-21)16-9-10-16/h2-3,5-8,11-13,16H,9-10H2,1H3. The Morgan fingerprint density at radius 1 is 1.09 bits per heavy atom. The van der Waals surface area contributed by atoms with Crippen LogP contribution < -0.4 is 9.96 Å². The van der Waals surface area contributed by atoms with E-state index in [1.54, 1.807) is 4.90 Å². The van der Waals surface area contributed by atoms with Gasteiger partial charge in [-0.05, 0) is 42.2 Å². The van der Waals surface area contributed by atoms with E-state index in [9.17, 15) is 9.59 Å². The lowest BCUT2D eigenvalue weighted by atomic mass is 10.0. The third-order valence-electron chi connectivity index (χ3n) is 3.87. The fraction of sp³-hybridized carbons (Fsp3) is 0.222. The van der Waals surface area contributed by atoms with Crippen LogP contribution in [0.5, 0.6) is 0 Å². The molecule has 2 aromatic carbocycles. The van der Waals surface area contributed by atoms with Crippen LogP contribution in [-0.4, -0.2) is 26.0 Å². The highest BCUT2D eigenvalue weighted by Gasteiger charge is 2.29. The highest BCUT2D eigenvalue weighted by atomic mass is 16.7. The van der Waals surface area contributed by atoms with Crippen LogP contribution in [0.2, 0.25) is 0 Å². The van der Waals surface area contributed by atoms with Gasteiger partial charge in [0.15, 0.2) is 0 Å². The summed E-state index contributed by atoms with van der Waals surface area (Å²) in [4.78, 5) is 28.8. The molecule has 0 heterocycles. The van der Waals surface area contributed by atoms with Gasteiger partial charge in [-0.3, -0.25) is 14.4 Å². The van der Waals surface area contributed by atoms with Gasteiger partial charge in [-0.25, -0.2) is 0 Å². The maximum atomic E-state index is 11.3. The first-order chi connectivity index (χ1) is 11.3. The molecule has 1 fully saturated rings. The fourth-order valence-electron chi connectivity index (χ4n) is 2.48. The van der Waals surface area contributed by atoms with Gasteiger partial charge in [0, 0.05) is 12.1 Å². The molecule has 1 radical (unpaired) electrons. The third-order valence-corrected chi connectivity index (χ3v) is 3.87. The fourth-order valence-corrected chi connectivity index (χ4v) is 2.48. The largest absolute Gasteiger partial charge is 0.311 e. The number of hydroxylamine groups is 1. The van der Waals surface area contributed by atoms with Crippen molar-refractivity contribution in [3.05, 3.63) is 48.5 Å². The molecule has 0 aromatic heterocycles. The van der Waals surface area contributed by atoms with Crippen molar-refractivity contribution in [1.29, 1.82) is 0 Å². The molecule has 0 unspecified atom stereocenters. The van der Waals surface area contributed by atoms with E-state index < -0.39 is 0 Å². The summed E-state index contributed by atoms with van der Waals surface area (Å²) >= 11 is 0. The first-order valence-corrected chi connectivity index (χ1v) is 7.41. The molecule has 0 spiro atoms. The van der Waals surface area contributed by atoms with E-state index in [2.05, 4.69) is 6.07 Å². The molecule has 1 aliphatic carbocycles. The normalized spacial score (nSPS) is 13.4. The van der Waals surface area contributed by atoms with Gasteiger partial charge in [0.2, 0.25) is 12.8 Å². The average Bonchev–Trinajstić information content (AvgIpc) is 3.43. The van der Waals surface area contributed by atoms with Gasteiger partial charge >= 0.3 is 0 Å². The van der Waals surface area contributed by atoms with Crippen molar-refractivity contribution in [3.63, 3.8) is 0 Å². The Morgan fingerprint density at radius 2 is 1.83 bits per heavy atom. The van der Waals surface area contributed by atoms with Crippen molar-refractivity contribution in [1.82, 2.24) is 0 Å². The summed E-state index contributed by atoms with van der Waals surface area (Å²) < 4.78 is 0. The zero-order valence-electron chi connectivity index (χ0n) is 12.8. The van der Waals surface area contributed by atoms with Gasteiger partial charge < -0.3 is 4.90 Å². The summed E-state index contributed by atoms with van der Waals surface area (Å²) in [6, 6.07) is 16.6. The quantitative estimate of drug-likeness (QED) is 0.584. The van der Waals surface area contributed by atoms with E-state index >= 15 is 0 Å². The topological polar surface area (TPSA) is 49.9 Å². The van der Waals surface area contributed by atoms with Gasteiger partial charge in [0.1, 0.15) is 0 Å². The van der Waals surface area contributed by atoms with Gasteiger partial charge in [-0.2, -0.15) is 5.06 Å². The summed E-state index contributed by atoms with van der Waals surface area (Å²) in [6.45, 7) is 0. The van der Waals surface area contributed by atoms with Crippen LogP contribution in [0.15, 0.2) is 42.5 Å². The van der Waals surface area contributed by atoms with E-state index in [0.717, 1.165) is 41.1 Å². The first kappa shape index (κ1) is 15.2. The number of hydrogen-bond donors (Lipinski definition) is 0. The predicted molar refractivity (Wildman–Crippen MR) is 87.8 cm³/mol. The van der Waals surface area contributed by atoms with Crippen molar-refractivity contribution >= 4 is 24.2 Å². The molecule has 23 heavy (non-hydrogen) atoms. The minimum atomic E-state index is 0.309. The molecule has 1 saturated carbocycles. The van der Waals surface area contributed by atoms with Gasteiger partial charge in [0.25, 0.3) is 0 Å². The van der Waals surface area contributed by atoms with Crippen LogP contribution in [0, 0.1) is 6.07 Å².